The van der Waals surface area contributed by atoms with Crippen molar-refractivity contribution in [1.82, 2.24) is 9.80 Å². The largest absolute Gasteiger partial charge is 0.480 e. The lowest BCUT2D eigenvalue weighted by molar-refractivity contribution is -0.142. The highest BCUT2D eigenvalue weighted by Gasteiger charge is 2.76. The van der Waals surface area contributed by atoms with Gasteiger partial charge in [0, 0.05) is 25.9 Å². The Hall–Kier alpha value is -2.80. The highest BCUT2D eigenvalue weighted by atomic mass is 19.3. The molecule has 0 bridgehead atoms. The lowest BCUT2D eigenvalue weighted by Crippen LogP contribution is -2.43. The molecule has 0 aromatic carbocycles. The maximum atomic E-state index is 13.3. The van der Waals surface area contributed by atoms with Crippen LogP contribution >= 0.6 is 0 Å². The van der Waals surface area contributed by atoms with Crippen molar-refractivity contribution >= 4 is 24.1 Å². The van der Waals surface area contributed by atoms with Crippen LogP contribution in [0.2, 0.25) is 0 Å². The van der Waals surface area contributed by atoms with Gasteiger partial charge in [0.2, 0.25) is 0 Å². The molecule has 216 valence electrons. The maximum Gasteiger partial charge on any atom is 0.411 e. The Labute approximate surface area is 217 Å². The van der Waals surface area contributed by atoms with Crippen LogP contribution in [0.1, 0.15) is 67.2 Å². The van der Waals surface area contributed by atoms with E-state index in [0.29, 0.717) is 0 Å². The van der Waals surface area contributed by atoms with Gasteiger partial charge in [0.1, 0.15) is 23.3 Å². The smallest absolute Gasteiger partial charge is 0.411 e. The van der Waals surface area contributed by atoms with Gasteiger partial charge in [-0.1, -0.05) is 0 Å². The van der Waals surface area contributed by atoms with E-state index in [2.05, 4.69) is 0 Å². The number of alkyl halides is 4. The van der Waals surface area contributed by atoms with Gasteiger partial charge in [-0.2, -0.15) is 0 Å². The topological polar surface area (TPSA) is 134 Å². The third kappa shape index (κ3) is 5.78. The van der Waals surface area contributed by atoms with Crippen LogP contribution in [-0.4, -0.2) is 92.4 Å². The van der Waals surface area contributed by atoms with E-state index in [1.165, 1.54) is 0 Å². The van der Waals surface area contributed by atoms with Gasteiger partial charge in [-0.25, -0.2) is 36.7 Å². The fraction of sp³-hybridized carbons (Fsp3) is 0.833. The molecule has 0 aromatic heterocycles. The number of carbonyl (C=O) groups excluding carboxylic acids is 2. The monoisotopic (exact) mass is 554 g/mol. The van der Waals surface area contributed by atoms with Gasteiger partial charge in [-0.3, -0.25) is 9.80 Å². The van der Waals surface area contributed by atoms with Crippen LogP contribution in [0.3, 0.4) is 0 Å². The molecule has 2 saturated carbocycles. The molecule has 4 fully saturated rings. The fourth-order valence-corrected chi connectivity index (χ4v) is 4.98. The predicted molar refractivity (Wildman–Crippen MR) is 122 cm³/mol. The minimum atomic E-state index is -2.88. The minimum absolute atomic E-state index is 0.214. The van der Waals surface area contributed by atoms with E-state index < -0.39 is 70.1 Å². The molecule has 2 amide bonds. The van der Waals surface area contributed by atoms with Crippen LogP contribution in [0.5, 0.6) is 0 Å². The van der Waals surface area contributed by atoms with Crippen molar-refractivity contribution in [3.05, 3.63) is 0 Å². The fourth-order valence-electron chi connectivity index (χ4n) is 4.98. The molecule has 2 heterocycles. The second kappa shape index (κ2) is 8.87. The Balaban J connectivity index is 0.000000211. The normalized spacial score (nSPS) is 32.5. The van der Waals surface area contributed by atoms with Crippen molar-refractivity contribution in [3.63, 3.8) is 0 Å². The van der Waals surface area contributed by atoms with Crippen LogP contribution in [-0.2, 0) is 19.1 Å². The molecular formula is C24H34F4N2O8. The second-order valence-corrected chi connectivity index (χ2v) is 12.7. The summed E-state index contributed by atoms with van der Waals surface area (Å²) in [5, 5.41) is 18.1. The predicted octanol–water partition coefficient (Wildman–Crippen LogP) is 4.21. The van der Waals surface area contributed by atoms with Crippen molar-refractivity contribution in [2.24, 2.45) is 10.8 Å². The molecule has 2 aliphatic carbocycles. The van der Waals surface area contributed by atoms with Crippen LogP contribution in [0.25, 0.3) is 0 Å². The molecule has 0 radical (unpaired) electrons. The lowest BCUT2D eigenvalue weighted by atomic mass is 10.0. The van der Waals surface area contributed by atoms with Crippen molar-refractivity contribution in [2.45, 2.75) is 102 Å². The number of hydrogen-bond donors (Lipinski definition) is 2. The lowest BCUT2D eigenvalue weighted by Gasteiger charge is -2.26. The average Bonchev–Trinajstić information content (AvgIpc) is 3.19. The van der Waals surface area contributed by atoms with Crippen LogP contribution < -0.4 is 0 Å². The van der Waals surface area contributed by atoms with E-state index in [-0.39, 0.29) is 38.8 Å². The summed E-state index contributed by atoms with van der Waals surface area (Å²) in [5.74, 6) is -8.30. The number of aliphatic carboxylic acids is 2. The summed E-state index contributed by atoms with van der Waals surface area (Å²) >= 11 is 0. The molecule has 2 N–H and O–H groups in total. The Morgan fingerprint density at radius 2 is 0.947 bits per heavy atom. The number of carbonyl (C=O) groups is 4. The summed E-state index contributed by atoms with van der Waals surface area (Å²) in [6.07, 6.45) is -2.84. The number of amides is 2. The van der Waals surface area contributed by atoms with Gasteiger partial charge < -0.3 is 19.7 Å². The summed E-state index contributed by atoms with van der Waals surface area (Å²) in [6.45, 7) is 9.31. The second-order valence-electron chi connectivity index (χ2n) is 12.7. The first-order valence-corrected chi connectivity index (χ1v) is 12.2. The van der Waals surface area contributed by atoms with E-state index in [9.17, 15) is 36.7 Å². The number of nitrogens with zero attached hydrogens (tertiary/aromatic N) is 2. The van der Waals surface area contributed by atoms with Crippen molar-refractivity contribution in [2.75, 3.05) is 13.1 Å². The molecule has 4 rings (SSSR count). The highest BCUT2D eigenvalue weighted by molar-refractivity contribution is 5.82. The number of halogens is 4. The maximum absolute atomic E-state index is 13.3. The summed E-state index contributed by atoms with van der Waals surface area (Å²) in [5.41, 5.74) is -4.32. The third-order valence-electron chi connectivity index (χ3n) is 7.12. The Kier molecular flexibility index (Phi) is 6.94. The zero-order valence-electron chi connectivity index (χ0n) is 22.1. The highest BCUT2D eigenvalue weighted by Crippen LogP contribution is 2.67. The molecule has 4 atom stereocenters. The number of rotatable bonds is 2. The van der Waals surface area contributed by atoms with Gasteiger partial charge in [0.15, 0.2) is 0 Å². The third-order valence-corrected chi connectivity index (χ3v) is 7.12. The summed E-state index contributed by atoms with van der Waals surface area (Å²) in [4.78, 5) is 47.8. The van der Waals surface area contributed by atoms with Crippen molar-refractivity contribution in [1.29, 1.82) is 0 Å². The van der Waals surface area contributed by atoms with Gasteiger partial charge >= 0.3 is 24.1 Å². The van der Waals surface area contributed by atoms with Crippen molar-refractivity contribution in [3.8, 4) is 0 Å². The SMILES string of the molecule is CC(C)(C)OC(=O)N1C[C@]2(C[C@H]1C(=O)O)CC2(F)F.CC(C)(C)OC(=O)N1C[C@]2(C[C@H]1C(=O)O)CC2(F)F. The molecule has 2 aliphatic heterocycles. The van der Waals surface area contributed by atoms with E-state index in [1.807, 2.05) is 0 Å². The van der Waals surface area contributed by atoms with Crippen LogP contribution in [0, 0.1) is 10.8 Å². The molecule has 0 unspecified atom stereocenters. The minimum Gasteiger partial charge on any atom is -0.480 e. The molecule has 10 nitrogen and oxygen atoms in total. The molecular weight excluding hydrogens is 520 g/mol. The van der Waals surface area contributed by atoms with Crippen LogP contribution in [0.15, 0.2) is 0 Å². The van der Waals surface area contributed by atoms with E-state index in [0.717, 1.165) is 9.80 Å². The molecule has 14 heteroatoms. The van der Waals surface area contributed by atoms with Gasteiger partial charge in [-0.15, -0.1) is 0 Å². The molecule has 4 aliphatic rings. The number of hydrogen-bond acceptors (Lipinski definition) is 6. The summed E-state index contributed by atoms with van der Waals surface area (Å²) in [7, 11) is 0. The number of ether oxygens (including phenoxy) is 2. The van der Waals surface area contributed by atoms with E-state index in [1.54, 1.807) is 41.5 Å². The number of carboxylic acid groups (broad SMARTS) is 2. The Morgan fingerprint density at radius 3 is 1.13 bits per heavy atom. The molecule has 2 spiro atoms. The standard InChI is InChI=1S/2C12H17F2NO4/c2*1-10(2,3)19-9(18)15-6-11(5-12(11,13)14)4-7(15)8(16)17/h2*7H,4-6H2,1-3H3,(H,16,17)/t2*7-,11-/m00/s1. The first kappa shape index (κ1) is 29.8. The first-order chi connectivity index (χ1) is 16.9. The Bertz CT molecular complexity index is 944. The number of carboxylic acids is 2. The van der Waals surface area contributed by atoms with Crippen molar-refractivity contribution < 1.29 is 56.4 Å². The zero-order valence-corrected chi connectivity index (χ0v) is 22.1. The number of likely N-dealkylation sites (tertiary alicyclic amines) is 2. The Morgan fingerprint density at radius 1 is 0.684 bits per heavy atom. The summed E-state index contributed by atoms with van der Waals surface area (Å²) in [6, 6.07) is -2.47. The summed E-state index contributed by atoms with van der Waals surface area (Å²) < 4.78 is 63.5. The van der Waals surface area contributed by atoms with Gasteiger partial charge in [0.05, 0.1) is 10.8 Å². The molecule has 0 aromatic rings. The molecule has 2 saturated heterocycles. The average molecular weight is 555 g/mol. The first-order valence-electron chi connectivity index (χ1n) is 12.2. The van der Waals surface area contributed by atoms with Crippen LogP contribution in [0.4, 0.5) is 27.2 Å². The zero-order chi connectivity index (χ0) is 29.3. The van der Waals surface area contributed by atoms with Gasteiger partial charge in [-0.05, 0) is 54.4 Å². The van der Waals surface area contributed by atoms with Gasteiger partial charge in [0.25, 0.3) is 11.8 Å². The van der Waals surface area contributed by atoms with E-state index in [4.69, 9.17) is 19.7 Å². The molecule has 38 heavy (non-hydrogen) atoms. The quantitative estimate of drug-likeness (QED) is 0.485. The van der Waals surface area contributed by atoms with E-state index >= 15 is 0 Å².